The van der Waals surface area contributed by atoms with Crippen molar-refractivity contribution in [1.29, 1.82) is 0 Å². The molecule has 5 heteroatoms. The van der Waals surface area contributed by atoms with Gasteiger partial charge in [-0.3, -0.25) is 9.78 Å². The van der Waals surface area contributed by atoms with E-state index >= 15 is 0 Å². The summed E-state index contributed by atoms with van der Waals surface area (Å²) in [5, 5.41) is 0. The van der Waals surface area contributed by atoms with Crippen LogP contribution in [0.4, 0.5) is 13.2 Å². The maximum atomic E-state index is 11.8. The minimum Gasteiger partial charge on any atom is -0.284 e. The Morgan fingerprint density at radius 3 is 1.72 bits per heavy atom. The van der Waals surface area contributed by atoms with Gasteiger partial charge in [0.05, 0.1) is 0 Å². The SMILES string of the molecule is O=C(c1ccccc1)C(F)(F)F.c1ccncc1. The molecule has 1 aromatic carbocycles. The predicted molar refractivity (Wildman–Crippen MR) is 61.1 cm³/mol. The minimum atomic E-state index is -4.78. The number of carbonyl (C=O) groups excluding carboxylic acids is 1. The Bertz CT molecular complexity index is 442. The van der Waals surface area contributed by atoms with Crippen molar-refractivity contribution in [2.24, 2.45) is 0 Å². The van der Waals surface area contributed by atoms with E-state index in [4.69, 9.17) is 0 Å². The number of aromatic nitrogens is 1. The van der Waals surface area contributed by atoms with Crippen molar-refractivity contribution in [1.82, 2.24) is 4.98 Å². The molecule has 0 unspecified atom stereocenters. The largest absolute Gasteiger partial charge is 0.454 e. The monoisotopic (exact) mass is 253 g/mol. The maximum Gasteiger partial charge on any atom is 0.454 e. The first-order chi connectivity index (χ1) is 8.52. The fraction of sp³-hybridized carbons (Fsp3) is 0.0769. The molecule has 0 fully saturated rings. The number of benzene rings is 1. The minimum absolute atomic E-state index is 0.329. The zero-order chi connectivity index (χ0) is 13.4. The number of ketones is 1. The first-order valence-corrected chi connectivity index (χ1v) is 5.03. The molecule has 1 heterocycles. The third-order valence-electron chi connectivity index (χ3n) is 1.86. The molecule has 2 rings (SSSR count). The van der Waals surface area contributed by atoms with Crippen molar-refractivity contribution < 1.29 is 18.0 Å². The van der Waals surface area contributed by atoms with Gasteiger partial charge in [-0.05, 0) is 12.1 Å². The van der Waals surface area contributed by atoms with Crippen molar-refractivity contribution in [3.8, 4) is 0 Å². The number of nitrogens with zero attached hydrogens (tertiary/aromatic N) is 1. The summed E-state index contributed by atoms with van der Waals surface area (Å²) in [6, 6.07) is 12.3. The average molecular weight is 253 g/mol. The lowest BCUT2D eigenvalue weighted by Crippen LogP contribution is -2.22. The van der Waals surface area contributed by atoms with E-state index in [0.717, 1.165) is 12.1 Å². The lowest BCUT2D eigenvalue weighted by atomic mass is 10.1. The topological polar surface area (TPSA) is 30.0 Å². The summed E-state index contributed by atoms with van der Waals surface area (Å²) < 4.78 is 35.4. The van der Waals surface area contributed by atoms with Crippen LogP contribution in [-0.2, 0) is 0 Å². The number of carbonyl (C=O) groups is 1. The smallest absolute Gasteiger partial charge is 0.284 e. The van der Waals surface area contributed by atoms with Gasteiger partial charge in [-0.25, -0.2) is 0 Å². The fourth-order valence-electron chi connectivity index (χ4n) is 1.07. The first-order valence-electron chi connectivity index (χ1n) is 5.03. The van der Waals surface area contributed by atoms with Crippen LogP contribution < -0.4 is 0 Å². The van der Waals surface area contributed by atoms with Crippen LogP contribution in [-0.4, -0.2) is 16.9 Å². The van der Waals surface area contributed by atoms with Crippen molar-refractivity contribution in [2.45, 2.75) is 6.18 Å². The third kappa shape index (κ3) is 4.78. The van der Waals surface area contributed by atoms with E-state index in [0.29, 0.717) is 0 Å². The van der Waals surface area contributed by atoms with Crippen LogP contribution >= 0.6 is 0 Å². The second-order valence-corrected chi connectivity index (χ2v) is 3.22. The van der Waals surface area contributed by atoms with E-state index in [-0.39, 0.29) is 5.56 Å². The first kappa shape index (κ1) is 13.9. The molecule has 94 valence electrons. The standard InChI is InChI=1S/C8H5F3O.C5H5N/c9-8(10,11)7(12)6-4-2-1-3-5-6;1-2-4-6-5-3-1/h1-5H;1-5H. The van der Waals surface area contributed by atoms with Gasteiger partial charge in [-0.2, -0.15) is 13.2 Å². The van der Waals surface area contributed by atoms with E-state index in [1.54, 1.807) is 18.5 Å². The van der Waals surface area contributed by atoms with Crippen LogP contribution in [0.2, 0.25) is 0 Å². The molecule has 2 aromatic rings. The molecule has 1 aromatic heterocycles. The number of hydrogen-bond donors (Lipinski definition) is 0. The molecule has 0 aliphatic carbocycles. The summed E-state index contributed by atoms with van der Waals surface area (Å²) in [5.74, 6) is -1.80. The Morgan fingerprint density at radius 1 is 0.889 bits per heavy atom. The number of hydrogen-bond acceptors (Lipinski definition) is 2. The second kappa shape index (κ2) is 6.54. The van der Waals surface area contributed by atoms with Gasteiger partial charge in [0.25, 0.3) is 5.78 Å². The van der Waals surface area contributed by atoms with Gasteiger partial charge in [0.1, 0.15) is 0 Å². The van der Waals surface area contributed by atoms with Gasteiger partial charge in [-0.1, -0.05) is 36.4 Å². The average Bonchev–Trinajstić information content (AvgIpc) is 2.40. The molecule has 0 saturated heterocycles. The van der Waals surface area contributed by atoms with Gasteiger partial charge < -0.3 is 0 Å². The Kier molecular flexibility index (Phi) is 5.05. The number of rotatable bonds is 1. The quantitative estimate of drug-likeness (QED) is 0.728. The maximum absolute atomic E-state index is 11.8. The molecule has 0 amide bonds. The summed E-state index contributed by atoms with van der Waals surface area (Å²) in [7, 11) is 0. The molecule has 0 aliphatic rings. The van der Waals surface area contributed by atoms with Crippen molar-refractivity contribution in [3.05, 3.63) is 66.5 Å². The Labute approximate surface area is 102 Å². The fourth-order valence-corrected chi connectivity index (χ4v) is 1.07. The van der Waals surface area contributed by atoms with Gasteiger partial charge in [0, 0.05) is 18.0 Å². The Balaban J connectivity index is 0.000000225. The number of alkyl halides is 3. The summed E-state index contributed by atoms with van der Waals surface area (Å²) in [5.41, 5.74) is -0.329. The summed E-state index contributed by atoms with van der Waals surface area (Å²) in [6.45, 7) is 0. The van der Waals surface area contributed by atoms with Gasteiger partial charge in [0.15, 0.2) is 0 Å². The lowest BCUT2D eigenvalue weighted by Gasteiger charge is -2.03. The zero-order valence-electron chi connectivity index (χ0n) is 9.26. The normalized spacial score (nSPS) is 10.2. The van der Waals surface area contributed by atoms with E-state index in [1.165, 1.54) is 12.1 Å². The third-order valence-corrected chi connectivity index (χ3v) is 1.86. The molecule has 0 spiro atoms. The summed E-state index contributed by atoms with van der Waals surface area (Å²) >= 11 is 0. The van der Waals surface area contributed by atoms with E-state index < -0.39 is 12.0 Å². The van der Waals surface area contributed by atoms with Gasteiger partial charge in [-0.15, -0.1) is 0 Å². The van der Waals surface area contributed by atoms with Gasteiger partial charge in [0.2, 0.25) is 0 Å². The predicted octanol–water partition coefficient (Wildman–Crippen LogP) is 3.51. The van der Waals surface area contributed by atoms with Crippen LogP contribution in [0.3, 0.4) is 0 Å². The zero-order valence-corrected chi connectivity index (χ0v) is 9.26. The molecule has 2 nitrogen and oxygen atoms in total. The lowest BCUT2D eigenvalue weighted by molar-refractivity contribution is -0.0885. The Hall–Kier alpha value is -2.17. The molecule has 0 N–H and O–H groups in total. The molecule has 0 saturated carbocycles. The molecular formula is C13H10F3NO. The van der Waals surface area contributed by atoms with Crippen LogP contribution in [0, 0.1) is 0 Å². The number of halogens is 3. The highest BCUT2D eigenvalue weighted by Crippen LogP contribution is 2.20. The van der Waals surface area contributed by atoms with Crippen LogP contribution in [0.5, 0.6) is 0 Å². The number of pyridine rings is 1. The molecule has 0 bridgehead atoms. The highest BCUT2D eigenvalue weighted by molar-refractivity contribution is 6.00. The number of Topliss-reactive ketones (excluding diaryl/α,β-unsaturated/α-hetero) is 1. The summed E-state index contributed by atoms with van der Waals surface area (Å²) in [6.07, 6.45) is -1.28. The molecule has 0 radical (unpaired) electrons. The molecule has 18 heavy (non-hydrogen) atoms. The highest BCUT2D eigenvalue weighted by Gasteiger charge is 2.38. The van der Waals surface area contributed by atoms with Gasteiger partial charge >= 0.3 is 6.18 Å². The van der Waals surface area contributed by atoms with Crippen LogP contribution in [0.15, 0.2) is 60.9 Å². The molecule has 0 atom stereocenters. The Morgan fingerprint density at radius 2 is 1.39 bits per heavy atom. The van der Waals surface area contributed by atoms with Crippen molar-refractivity contribution >= 4 is 5.78 Å². The molecule has 0 aliphatic heterocycles. The van der Waals surface area contributed by atoms with Crippen molar-refractivity contribution in [3.63, 3.8) is 0 Å². The van der Waals surface area contributed by atoms with E-state index in [9.17, 15) is 18.0 Å². The summed E-state index contributed by atoms with van der Waals surface area (Å²) in [4.78, 5) is 14.3. The van der Waals surface area contributed by atoms with Crippen LogP contribution in [0.1, 0.15) is 10.4 Å². The van der Waals surface area contributed by atoms with Crippen LogP contribution in [0.25, 0.3) is 0 Å². The van der Waals surface area contributed by atoms with Crippen molar-refractivity contribution in [2.75, 3.05) is 0 Å². The van der Waals surface area contributed by atoms with E-state index in [2.05, 4.69) is 4.98 Å². The second-order valence-electron chi connectivity index (χ2n) is 3.22. The highest BCUT2D eigenvalue weighted by atomic mass is 19.4. The molecular weight excluding hydrogens is 243 g/mol. The van der Waals surface area contributed by atoms with E-state index in [1.807, 2.05) is 18.2 Å².